The maximum absolute atomic E-state index is 11.1. The zero-order valence-corrected chi connectivity index (χ0v) is 12.9. The van der Waals surface area contributed by atoms with Gasteiger partial charge in [-0.2, -0.15) is 0 Å². The molecular formula is C16H23N3O2. The smallest absolute Gasteiger partial charge is 0.271 e. The number of nitro groups is 1. The number of nitrogens with one attached hydrogen (secondary N) is 1. The quantitative estimate of drug-likeness (QED) is 0.672. The van der Waals surface area contributed by atoms with Crippen LogP contribution in [-0.2, 0) is 6.42 Å². The molecule has 0 saturated carbocycles. The zero-order valence-electron chi connectivity index (χ0n) is 12.9. The first-order valence-corrected chi connectivity index (χ1v) is 7.66. The maximum atomic E-state index is 11.1. The molecule has 5 nitrogen and oxygen atoms in total. The number of non-ortho nitro benzene ring substituents is 1. The van der Waals surface area contributed by atoms with Crippen LogP contribution in [0.5, 0.6) is 0 Å². The maximum Gasteiger partial charge on any atom is 0.271 e. The lowest BCUT2D eigenvalue weighted by Crippen LogP contribution is -2.56. The van der Waals surface area contributed by atoms with E-state index in [2.05, 4.69) is 31.0 Å². The number of nitro benzene ring substituents is 1. The Kier molecular flexibility index (Phi) is 3.40. The van der Waals surface area contributed by atoms with E-state index < -0.39 is 0 Å². The van der Waals surface area contributed by atoms with Gasteiger partial charge in [0.2, 0.25) is 0 Å². The normalized spacial score (nSPS) is 27.5. The number of hydrogen-bond acceptors (Lipinski definition) is 4. The van der Waals surface area contributed by atoms with Crippen molar-refractivity contribution in [1.29, 1.82) is 0 Å². The number of rotatable bonds is 2. The van der Waals surface area contributed by atoms with Crippen molar-refractivity contribution in [2.24, 2.45) is 5.41 Å². The Balaban J connectivity index is 2.01. The minimum absolute atomic E-state index is 0.165. The fraction of sp³-hybridized carbons (Fsp3) is 0.625. The van der Waals surface area contributed by atoms with E-state index in [1.807, 2.05) is 6.07 Å². The number of piperidine rings is 1. The molecule has 0 spiro atoms. The van der Waals surface area contributed by atoms with Crippen molar-refractivity contribution in [2.45, 2.75) is 45.7 Å². The molecule has 1 saturated heterocycles. The average molecular weight is 289 g/mol. The molecule has 1 fully saturated rings. The van der Waals surface area contributed by atoms with Gasteiger partial charge in [-0.25, -0.2) is 0 Å². The van der Waals surface area contributed by atoms with Crippen molar-refractivity contribution in [3.8, 4) is 0 Å². The highest BCUT2D eigenvalue weighted by Gasteiger charge is 2.41. The summed E-state index contributed by atoms with van der Waals surface area (Å²) in [5.41, 5.74) is 2.66. The largest absolute Gasteiger partial charge is 0.364 e. The fourth-order valence-electron chi connectivity index (χ4n) is 3.88. The molecular weight excluding hydrogens is 266 g/mol. The molecule has 2 unspecified atom stereocenters. The lowest BCUT2D eigenvalue weighted by molar-refractivity contribution is -0.384. The lowest BCUT2D eigenvalue weighted by Gasteiger charge is -2.47. The van der Waals surface area contributed by atoms with Gasteiger partial charge in [-0.1, -0.05) is 19.9 Å². The molecule has 5 heteroatoms. The van der Waals surface area contributed by atoms with Gasteiger partial charge in [-0.3, -0.25) is 10.1 Å². The predicted octanol–water partition coefficient (Wildman–Crippen LogP) is 2.73. The van der Waals surface area contributed by atoms with Crippen LogP contribution in [0.3, 0.4) is 0 Å². The van der Waals surface area contributed by atoms with E-state index in [9.17, 15) is 10.1 Å². The molecule has 0 radical (unpaired) electrons. The summed E-state index contributed by atoms with van der Waals surface area (Å²) in [6, 6.07) is 6.15. The summed E-state index contributed by atoms with van der Waals surface area (Å²) in [6.45, 7) is 8.80. The van der Waals surface area contributed by atoms with Crippen molar-refractivity contribution in [2.75, 3.05) is 18.0 Å². The van der Waals surface area contributed by atoms with E-state index in [0.29, 0.717) is 12.1 Å². The first-order valence-electron chi connectivity index (χ1n) is 7.66. The molecule has 2 aliphatic rings. The number of fused-ring (bicyclic) bond motifs is 1. The Bertz CT molecular complexity index is 571. The minimum Gasteiger partial charge on any atom is -0.364 e. The van der Waals surface area contributed by atoms with Crippen LogP contribution < -0.4 is 10.2 Å². The van der Waals surface area contributed by atoms with Crippen molar-refractivity contribution in [3.63, 3.8) is 0 Å². The van der Waals surface area contributed by atoms with E-state index in [1.54, 1.807) is 12.1 Å². The van der Waals surface area contributed by atoms with Gasteiger partial charge in [0.1, 0.15) is 0 Å². The van der Waals surface area contributed by atoms with Crippen LogP contribution in [-0.4, -0.2) is 30.1 Å². The molecule has 2 atom stereocenters. The summed E-state index contributed by atoms with van der Waals surface area (Å²) in [7, 11) is 0. The monoisotopic (exact) mass is 289 g/mol. The highest BCUT2D eigenvalue weighted by atomic mass is 16.6. The standard InChI is InChI=1S/C16H23N3O2/c1-11-8-12-4-5-13(19(20)21)9-14(12)18(11)15-6-7-17-10-16(15,2)3/h4-5,9,11,15,17H,6-8,10H2,1-3H3. The number of nitrogens with zero attached hydrogens (tertiary/aromatic N) is 2. The Morgan fingerprint density at radius 3 is 2.86 bits per heavy atom. The first-order chi connectivity index (χ1) is 9.90. The topological polar surface area (TPSA) is 58.4 Å². The van der Waals surface area contributed by atoms with E-state index in [-0.39, 0.29) is 16.0 Å². The first kappa shape index (κ1) is 14.3. The fourth-order valence-corrected chi connectivity index (χ4v) is 3.88. The van der Waals surface area contributed by atoms with Crippen LogP contribution in [0.25, 0.3) is 0 Å². The predicted molar refractivity (Wildman–Crippen MR) is 83.8 cm³/mol. The van der Waals surface area contributed by atoms with Gasteiger partial charge in [0.15, 0.2) is 0 Å². The van der Waals surface area contributed by atoms with Gasteiger partial charge in [-0.05, 0) is 37.3 Å². The van der Waals surface area contributed by atoms with Gasteiger partial charge >= 0.3 is 0 Å². The van der Waals surface area contributed by atoms with Crippen LogP contribution in [0, 0.1) is 15.5 Å². The molecule has 0 bridgehead atoms. The second kappa shape index (κ2) is 4.98. The zero-order chi connectivity index (χ0) is 15.2. The van der Waals surface area contributed by atoms with Crippen LogP contribution >= 0.6 is 0 Å². The Morgan fingerprint density at radius 2 is 2.19 bits per heavy atom. The summed E-state index contributed by atoms with van der Waals surface area (Å²) in [5, 5.41) is 14.5. The third kappa shape index (κ3) is 2.39. The number of benzene rings is 1. The third-order valence-electron chi connectivity index (χ3n) is 4.96. The summed E-state index contributed by atoms with van der Waals surface area (Å²) >= 11 is 0. The van der Waals surface area contributed by atoms with Crippen LogP contribution in [0.1, 0.15) is 32.8 Å². The van der Waals surface area contributed by atoms with E-state index in [0.717, 1.165) is 31.6 Å². The number of anilines is 1. The van der Waals surface area contributed by atoms with Crippen molar-refractivity contribution in [1.82, 2.24) is 5.32 Å². The van der Waals surface area contributed by atoms with Gasteiger partial charge < -0.3 is 10.2 Å². The van der Waals surface area contributed by atoms with Crippen molar-refractivity contribution >= 4 is 11.4 Å². The highest BCUT2D eigenvalue weighted by molar-refractivity contribution is 5.64. The minimum atomic E-state index is -0.297. The van der Waals surface area contributed by atoms with Gasteiger partial charge in [0, 0.05) is 36.4 Å². The molecule has 1 aromatic carbocycles. The molecule has 1 aromatic rings. The molecule has 1 N–H and O–H groups in total. The lowest BCUT2D eigenvalue weighted by atomic mass is 9.78. The molecule has 2 aliphatic heterocycles. The second-order valence-corrected chi connectivity index (χ2v) is 7.00. The van der Waals surface area contributed by atoms with E-state index in [4.69, 9.17) is 0 Å². The SMILES string of the molecule is CC1Cc2ccc([N+](=O)[O-])cc2N1C1CCNCC1(C)C. The van der Waals surface area contributed by atoms with Gasteiger partial charge in [0.25, 0.3) is 5.69 Å². The summed E-state index contributed by atoms with van der Waals surface area (Å²) in [4.78, 5) is 13.2. The van der Waals surface area contributed by atoms with Crippen LogP contribution in [0.4, 0.5) is 11.4 Å². The molecule has 0 aliphatic carbocycles. The third-order valence-corrected chi connectivity index (χ3v) is 4.96. The highest BCUT2D eigenvalue weighted by Crippen LogP contribution is 2.42. The van der Waals surface area contributed by atoms with E-state index in [1.165, 1.54) is 5.56 Å². The molecule has 0 amide bonds. The summed E-state index contributed by atoms with van der Waals surface area (Å²) < 4.78 is 0. The molecule has 0 aromatic heterocycles. The van der Waals surface area contributed by atoms with Crippen molar-refractivity contribution in [3.05, 3.63) is 33.9 Å². The Hall–Kier alpha value is -1.62. The molecule has 114 valence electrons. The summed E-state index contributed by atoms with van der Waals surface area (Å²) in [6.07, 6.45) is 2.06. The summed E-state index contributed by atoms with van der Waals surface area (Å²) in [5.74, 6) is 0. The second-order valence-electron chi connectivity index (χ2n) is 7.00. The van der Waals surface area contributed by atoms with Gasteiger partial charge in [0.05, 0.1) is 4.92 Å². The Morgan fingerprint density at radius 1 is 1.43 bits per heavy atom. The molecule has 3 rings (SSSR count). The van der Waals surface area contributed by atoms with Gasteiger partial charge in [-0.15, -0.1) is 0 Å². The van der Waals surface area contributed by atoms with Crippen molar-refractivity contribution < 1.29 is 4.92 Å². The van der Waals surface area contributed by atoms with Crippen LogP contribution in [0.15, 0.2) is 18.2 Å². The molecule has 2 heterocycles. The average Bonchev–Trinajstić information content (AvgIpc) is 2.73. The Labute approximate surface area is 125 Å². The van der Waals surface area contributed by atoms with E-state index >= 15 is 0 Å². The molecule has 21 heavy (non-hydrogen) atoms. The number of hydrogen-bond donors (Lipinski definition) is 1. The van der Waals surface area contributed by atoms with Crippen LogP contribution in [0.2, 0.25) is 0 Å².